The summed E-state index contributed by atoms with van der Waals surface area (Å²) in [7, 11) is 0. The zero-order valence-electron chi connectivity index (χ0n) is 22.1. The van der Waals surface area contributed by atoms with Crippen LogP contribution in [0.5, 0.6) is 23.0 Å². The number of rotatable bonds is 2. The van der Waals surface area contributed by atoms with Gasteiger partial charge in [-0.15, -0.1) is 0 Å². The lowest BCUT2D eigenvalue weighted by Gasteiger charge is -2.45. The Labute approximate surface area is 209 Å². The number of nitrogens with zero attached hydrogens (tertiary/aromatic N) is 1. The molecule has 3 aliphatic rings. The van der Waals surface area contributed by atoms with Gasteiger partial charge in [0.2, 0.25) is 6.79 Å². The fourth-order valence-electron chi connectivity index (χ4n) is 5.67. The summed E-state index contributed by atoms with van der Waals surface area (Å²) in [4.78, 5) is 2.39. The monoisotopic (exact) mass is 481 g/mol. The Kier molecular flexibility index (Phi) is 5.96. The van der Waals surface area contributed by atoms with Gasteiger partial charge in [0.15, 0.2) is 17.7 Å². The number of hydrogen-bond acceptors (Lipinski definition) is 6. The topological polar surface area (TPSA) is 60.4 Å². The first-order valence-electron chi connectivity index (χ1n) is 12.7. The van der Waals surface area contributed by atoms with Crippen LogP contribution in [0.4, 0.5) is 0 Å². The van der Waals surface area contributed by atoms with E-state index in [-0.39, 0.29) is 35.7 Å². The number of aromatic hydroxyl groups is 1. The Balaban J connectivity index is 1.70. The Hall–Kier alpha value is -2.44. The van der Waals surface area contributed by atoms with Crippen LogP contribution in [0, 0.1) is 5.92 Å². The van der Waals surface area contributed by atoms with Gasteiger partial charge in [-0.3, -0.25) is 4.90 Å². The summed E-state index contributed by atoms with van der Waals surface area (Å²) >= 11 is 0. The summed E-state index contributed by atoms with van der Waals surface area (Å²) in [6.45, 7) is 18.6. The lowest BCUT2D eigenvalue weighted by Crippen LogP contribution is -2.52. The molecule has 3 atom stereocenters. The molecule has 2 aromatic carbocycles. The number of hydrogen-bond donors (Lipinski definition) is 1. The number of phenols is 1. The summed E-state index contributed by atoms with van der Waals surface area (Å²) < 4.78 is 23.7. The fourth-order valence-corrected chi connectivity index (χ4v) is 5.67. The first kappa shape index (κ1) is 24.3. The van der Waals surface area contributed by atoms with Crippen molar-refractivity contribution < 1.29 is 24.1 Å². The number of phenolic OH excluding ortho intramolecular Hbond substituents is 1. The molecular formula is C29H39NO5. The molecule has 3 heterocycles. The Morgan fingerprint density at radius 2 is 1.40 bits per heavy atom. The predicted octanol–water partition coefficient (Wildman–Crippen LogP) is 5.53. The molecule has 0 spiro atoms. The minimum atomic E-state index is -0.199. The average Bonchev–Trinajstić information content (AvgIpc) is 3.24. The third-order valence-corrected chi connectivity index (χ3v) is 7.58. The van der Waals surface area contributed by atoms with E-state index in [2.05, 4.69) is 71.6 Å². The van der Waals surface area contributed by atoms with Crippen LogP contribution < -0.4 is 14.2 Å². The third-order valence-electron chi connectivity index (χ3n) is 7.58. The summed E-state index contributed by atoms with van der Waals surface area (Å²) in [5.74, 6) is 2.99. The zero-order valence-corrected chi connectivity index (χ0v) is 22.1. The highest BCUT2D eigenvalue weighted by atomic mass is 16.7. The predicted molar refractivity (Wildman–Crippen MR) is 136 cm³/mol. The first-order chi connectivity index (χ1) is 16.4. The van der Waals surface area contributed by atoms with Crippen LogP contribution in [0.25, 0.3) is 0 Å². The van der Waals surface area contributed by atoms with E-state index in [1.807, 2.05) is 6.07 Å². The van der Waals surface area contributed by atoms with Gasteiger partial charge in [0.1, 0.15) is 11.5 Å². The Morgan fingerprint density at radius 3 is 1.97 bits per heavy atom. The highest BCUT2D eigenvalue weighted by molar-refractivity contribution is 5.58. The van der Waals surface area contributed by atoms with E-state index >= 15 is 0 Å². The fraction of sp³-hybridized carbons (Fsp3) is 0.586. The van der Waals surface area contributed by atoms with Gasteiger partial charge in [0.05, 0.1) is 13.2 Å². The van der Waals surface area contributed by atoms with E-state index < -0.39 is 0 Å². The van der Waals surface area contributed by atoms with Gasteiger partial charge in [-0.25, -0.2) is 0 Å². The van der Waals surface area contributed by atoms with E-state index in [0.717, 1.165) is 47.0 Å². The van der Waals surface area contributed by atoms with Gasteiger partial charge >= 0.3 is 0 Å². The third kappa shape index (κ3) is 4.36. The van der Waals surface area contributed by atoms with Gasteiger partial charge in [-0.2, -0.15) is 0 Å². The van der Waals surface area contributed by atoms with Crippen LogP contribution in [0.2, 0.25) is 0 Å². The van der Waals surface area contributed by atoms with Gasteiger partial charge < -0.3 is 24.1 Å². The Morgan fingerprint density at radius 1 is 0.829 bits per heavy atom. The summed E-state index contributed by atoms with van der Waals surface area (Å²) in [5, 5.41) is 11.3. The molecular weight excluding hydrogens is 442 g/mol. The standard InChI is InChI=1S/C29H39NO5/c1-17-25(18-12-20(28(2,3)4)26(31)21(13-18)29(5,6)7)19-14-23-24(34-16-33-23)15-22(19)35-27(17)30-8-10-32-11-9-30/h12-15,17,25,27,31H,8-11,16H2,1-7H3/t17-,25+,27+/m1/s1. The molecule has 0 saturated carbocycles. The zero-order chi connectivity index (χ0) is 25.1. The molecule has 0 aromatic heterocycles. The van der Waals surface area contributed by atoms with Crippen molar-refractivity contribution in [3.05, 3.63) is 46.5 Å². The van der Waals surface area contributed by atoms with Gasteiger partial charge in [-0.05, 0) is 33.6 Å². The highest BCUT2D eigenvalue weighted by Gasteiger charge is 2.42. The van der Waals surface area contributed by atoms with E-state index in [0.29, 0.717) is 19.0 Å². The quantitative estimate of drug-likeness (QED) is 0.608. The van der Waals surface area contributed by atoms with Crippen molar-refractivity contribution in [2.24, 2.45) is 5.92 Å². The van der Waals surface area contributed by atoms with Crippen LogP contribution in [0.1, 0.15) is 76.6 Å². The van der Waals surface area contributed by atoms with Gasteiger partial charge in [-0.1, -0.05) is 60.6 Å². The SMILES string of the molecule is C[C@@H]1[C@@H](c2cc(C(C)(C)C)c(O)c(C(C)(C)C)c2)c2cc3c(cc2O[C@@H]1N1CCOCC1)OCO3. The molecule has 0 radical (unpaired) electrons. The second-order valence-electron chi connectivity index (χ2n) is 12.2. The number of benzene rings is 2. The lowest BCUT2D eigenvalue weighted by molar-refractivity contribution is -0.0784. The van der Waals surface area contributed by atoms with Crippen LogP contribution >= 0.6 is 0 Å². The maximum Gasteiger partial charge on any atom is 0.231 e. The second kappa shape index (κ2) is 8.59. The van der Waals surface area contributed by atoms with Crippen molar-refractivity contribution in [1.29, 1.82) is 0 Å². The summed E-state index contributed by atoms with van der Waals surface area (Å²) in [5.41, 5.74) is 3.86. The number of morpholine rings is 1. The van der Waals surface area contributed by atoms with Crippen molar-refractivity contribution in [2.75, 3.05) is 33.1 Å². The molecule has 3 aliphatic heterocycles. The van der Waals surface area contributed by atoms with E-state index in [9.17, 15) is 5.11 Å². The largest absolute Gasteiger partial charge is 0.507 e. The molecule has 6 nitrogen and oxygen atoms in total. The van der Waals surface area contributed by atoms with Crippen molar-refractivity contribution in [3.63, 3.8) is 0 Å². The van der Waals surface area contributed by atoms with Gasteiger partial charge in [0.25, 0.3) is 0 Å². The van der Waals surface area contributed by atoms with Crippen molar-refractivity contribution >= 4 is 0 Å². The van der Waals surface area contributed by atoms with Crippen LogP contribution in [-0.4, -0.2) is 49.3 Å². The number of fused-ring (bicyclic) bond motifs is 2. The molecule has 2 aromatic rings. The maximum atomic E-state index is 11.3. The van der Waals surface area contributed by atoms with Crippen molar-refractivity contribution in [3.8, 4) is 23.0 Å². The molecule has 6 heteroatoms. The van der Waals surface area contributed by atoms with Crippen molar-refractivity contribution in [1.82, 2.24) is 4.90 Å². The van der Waals surface area contributed by atoms with E-state index in [1.54, 1.807) is 0 Å². The minimum absolute atomic E-state index is 0.0731. The second-order valence-corrected chi connectivity index (χ2v) is 12.2. The molecule has 5 rings (SSSR count). The molecule has 1 saturated heterocycles. The smallest absolute Gasteiger partial charge is 0.231 e. The molecule has 190 valence electrons. The number of ether oxygens (including phenoxy) is 4. The molecule has 1 fully saturated rings. The molecule has 0 amide bonds. The van der Waals surface area contributed by atoms with Crippen LogP contribution in [0.15, 0.2) is 24.3 Å². The van der Waals surface area contributed by atoms with Crippen LogP contribution in [-0.2, 0) is 15.6 Å². The van der Waals surface area contributed by atoms with Crippen LogP contribution in [0.3, 0.4) is 0 Å². The van der Waals surface area contributed by atoms with Gasteiger partial charge in [0, 0.05) is 36.6 Å². The lowest BCUT2D eigenvalue weighted by atomic mass is 9.72. The summed E-state index contributed by atoms with van der Waals surface area (Å²) in [6.07, 6.45) is -0.0817. The van der Waals surface area contributed by atoms with Crippen molar-refractivity contribution in [2.45, 2.75) is 71.4 Å². The summed E-state index contributed by atoms with van der Waals surface area (Å²) in [6, 6.07) is 8.50. The van der Waals surface area contributed by atoms with E-state index in [1.165, 1.54) is 5.56 Å². The average molecular weight is 482 g/mol. The Bertz CT molecular complexity index is 1070. The normalized spacial score (nSPS) is 24.7. The molecule has 0 aliphatic carbocycles. The first-order valence-corrected chi connectivity index (χ1v) is 12.7. The molecule has 1 N–H and O–H groups in total. The highest BCUT2D eigenvalue weighted by Crippen LogP contribution is 2.51. The molecule has 0 unspecified atom stereocenters. The molecule has 0 bridgehead atoms. The maximum absolute atomic E-state index is 11.3. The minimum Gasteiger partial charge on any atom is -0.507 e. The molecule has 35 heavy (non-hydrogen) atoms. The van der Waals surface area contributed by atoms with E-state index in [4.69, 9.17) is 18.9 Å².